The van der Waals surface area contributed by atoms with Gasteiger partial charge in [0.05, 0.1) is 6.61 Å². The summed E-state index contributed by atoms with van der Waals surface area (Å²) in [4.78, 5) is 11.1. The number of esters is 1. The zero-order valence-electron chi connectivity index (χ0n) is 9.73. The van der Waals surface area contributed by atoms with Gasteiger partial charge in [0.1, 0.15) is 12.2 Å². The summed E-state index contributed by atoms with van der Waals surface area (Å²) in [6, 6.07) is 0. The van der Waals surface area contributed by atoms with Crippen molar-refractivity contribution in [3.8, 4) is 0 Å². The van der Waals surface area contributed by atoms with Crippen molar-refractivity contribution in [3.63, 3.8) is 0 Å². The number of carbonyl (C=O) groups is 1. The van der Waals surface area contributed by atoms with E-state index < -0.39 is 5.79 Å². The fourth-order valence-corrected chi connectivity index (χ4v) is 2.01. The lowest BCUT2D eigenvalue weighted by Gasteiger charge is -2.15. The molecule has 0 aromatic rings. The average Bonchev–Trinajstić information content (AvgIpc) is 2.51. The van der Waals surface area contributed by atoms with E-state index in [0.717, 1.165) is 0 Å². The summed E-state index contributed by atoms with van der Waals surface area (Å²) in [5.74, 6) is -0.966. The normalized spacial score (nSPS) is 28.5. The third-order valence-corrected chi connectivity index (χ3v) is 2.72. The monoisotopic (exact) mass is 292 g/mol. The SMILES string of the molecule is CCOC(=O)/C=C\[C@H]1OC(C)(C)O[C@H]1CBr. The predicted octanol–water partition coefficient (Wildman–Crippen LogP) is 2.02. The number of hydrogen-bond donors (Lipinski definition) is 0. The van der Waals surface area contributed by atoms with Crippen molar-refractivity contribution in [2.24, 2.45) is 0 Å². The van der Waals surface area contributed by atoms with Crippen molar-refractivity contribution in [2.75, 3.05) is 11.9 Å². The van der Waals surface area contributed by atoms with Crippen LogP contribution in [-0.2, 0) is 19.0 Å². The molecule has 0 bridgehead atoms. The molecule has 1 rings (SSSR count). The summed E-state index contributed by atoms with van der Waals surface area (Å²) in [5, 5.41) is 0.661. The first-order chi connectivity index (χ1) is 7.48. The van der Waals surface area contributed by atoms with E-state index in [1.54, 1.807) is 13.0 Å². The zero-order valence-corrected chi connectivity index (χ0v) is 11.3. The summed E-state index contributed by atoms with van der Waals surface area (Å²) in [7, 11) is 0. The van der Waals surface area contributed by atoms with Crippen LogP contribution in [0.3, 0.4) is 0 Å². The molecule has 0 spiro atoms. The molecule has 0 aliphatic carbocycles. The van der Waals surface area contributed by atoms with Gasteiger partial charge in [0.15, 0.2) is 5.79 Å². The van der Waals surface area contributed by atoms with E-state index >= 15 is 0 Å². The fraction of sp³-hybridized carbons (Fsp3) is 0.727. The first-order valence-corrected chi connectivity index (χ1v) is 6.37. The topological polar surface area (TPSA) is 44.8 Å². The summed E-state index contributed by atoms with van der Waals surface area (Å²) >= 11 is 3.35. The number of hydrogen-bond acceptors (Lipinski definition) is 4. The lowest BCUT2D eigenvalue weighted by molar-refractivity contribution is -0.141. The Labute approximate surface area is 104 Å². The fourth-order valence-electron chi connectivity index (χ4n) is 1.51. The highest BCUT2D eigenvalue weighted by molar-refractivity contribution is 9.09. The maximum atomic E-state index is 11.1. The number of rotatable bonds is 4. The minimum Gasteiger partial charge on any atom is -0.463 e. The van der Waals surface area contributed by atoms with Crippen molar-refractivity contribution in [3.05, 3.63) is 12.2 Å². The van der Waals surface area contributed by atoms with E-state index in [-0.39, 0.29) is 18.2 Å². The number of ether oxygens (including phenoxy) is 3. The van der Waals surface area contributed by atoms with Gasteiger partial charge < -0.3 is 14.2 Å². The van der Waals surface area contributed by atoms with E-state index in [1.807, 2.05) is 13.8 Å². The van der Waals surface area contributed by atoms with Crippen molar-refractivity contribution in [1.29, 1.82) is 0 Å². The molecule has 1 saturated heterocycles. The first-order valence-electron chi connectivity index (χ1n) is 5.25. The molecule has 0 aromatic carbocycles. The summed E-state index contributed by atoms with van der Waals surface area (Å²) in [6.07, 6.45) is 2.76. The van der Waals surface area contributed by atoms with Gasteiger partial charge in [0, 0.05) is 11.4 Å². The Morgan fingerprint density at radius 1 is 1.50 bits per heavy atom. The van der Waals surface area contributed by atoms with Crippen LogP contribution < -0.4 is 0 Å². The Morgan fingerprint density at radius 2 is 2.19 bits per heavy atom. The van der Waals surface area contributed by atoms with Crippen LogP contribution in [0, 0.1) is 0 Å². The average molecular weight is 293 g/mol. The molecule has 92 valence electrons. The summed E-state index contributed by atoms with van der Waals surface area (Å²) < 4.78 is 16.1. The third kappa shape index (κ3) is 3.88. The van der Waals surface area contributed by atoms with Gasteiger partial charge in [-0.3, -0.25) is 0 Å². The molecular formula is C11H17BrO4. The van der Waals surface area contributed by atoms with Crippen LogP contribution in [0.1, 0.15) is 20.8 Å². The highest BCUT2D eigenvalue weighted by atomic mass is 79.9. The molecule has 4 nitrogen and oxygen atoms in total. The Balaban J connectivity index is 2.56. The van der Waals surface area contributed by atoms with Gasteiger partial charge in [0.2, 0.25) is 0 Å². The van der Waals surface area contributed by atoms with Gasteiger partial charge >= 0.3 is 5.97 Å². The smallest absolute Gasteiger partial charge is 0.330 e. The number of alkyl halides is 1. The van der Waals surface area contributed by atoms with Gasteiger partial charge in [0.25, 0.3) is 0 Å². The quantitative estimate of drug-likeness (QED) is 0.452. The molecule has 2 atom stereocenters. The van der Waals surface area contributed by atoms with Gasteiger partial charge in [-0.2, -0.15) is 0 Å². The van der Waals surface area contributed by atoms with Crippen LogP contribution in [-0.4, -0.2) is 35.9 Å². The molecule has 0 N–H and O–H groups in total. The number of halogens is 1. The molecule has 0 unspecified atom stereocenters. The van der Waals surface area contributed by atoms with Gasteiger partial charge in [-0.1, -0.05) is 15.9 Å². The van der Waals surface area contributed by atoms with E-state index in [1.165, 1.54) is 6.08 Å². The van der Waals surface area contributed by atoms with Crippen molar-refractivity contribution in [2.45, 2.75) is 38.8 Å². The number of carbonyl (C=O) groups excluding carboxylic acids is 1. The maximum absolute atomic E-state index is 11.1. The van der Waals surface area contributed by atoms with Crippen molar-refractivity contribution >= 4 is 21.9 Å². The largest absolute Gasteiger partial charge is 0.463 e. The molecule has 5 heteroatoms. The highest BCUT2D eigenvalue weighted by Gasteiger charge is 2.39. The van der Waals surface area contributed by atoms with Crippen LogP contribution in [0.25, 0.3) is 0 Å². The second-order valence-electron chi connectivity index (χ2n) is 3.90. The van der Waals surface area contributed by atoms with Crippen LogP contribution in [0.4, 0.5) is 0 Å². The van der Waals surface area contributed by atoms with Crippen molar-refractivity contribution < 1.29 is 19.0 Å². The molecule has 16 heavy (non-hydrogen) atoms. The van der Waals surface area contributed by atoms with E-state index in [9.17, 15) is 4.79 Å². The Morgan fingerprint density at radius 3 is 2.75 bits per heavy atom. The van der Waals surface area contributed by atoms with E-state index in [0.29, 0.717) is 11.9 Å². The van der Waals surface area contributed by atoms with Crippen LogP contribution in [0.2, 0.25) is 0 Å². The molecule has 0 aromatic heterocycles. The van der Waals surface area contributed by atoms with Gasteiger partial charge in [-0.05, 0) is 26.8 Å². The Bertz CT molecular complexity index is 275. The summed E-state index contributed by atoms with van der Waals surface area (Å²) in [6.45, 7) is 5.84. The molecule has 0 saturated carbocycles. The summed E-state index contributed by atoms with van der Waals surface area (Å²) in [5.41, 5.74) is 0. The van der Waals surface area contributed by atoms with Gasteiger partial charge in [-0.15, -0.1) is 0 Å². The molecular weight excluding hydrogens is 276 g/mol. The second kappa shape index (κ2) is 5.80. The maximum Gasteiger partial charge on any atom is 0.330 e. The van der Waals surface area contributed by atoms with Crippen LogP contribution in [0.15, 0.2) is 12.2 Å². The lowest BCUT2D eigenvalue weighted by Crippen LogP contribution is -2.22. The van der Waals surface area contributed by atoms with Crippen LogP contribution in [0.5, 0.6) is 0 Å². The minimum atomic E-state index is -0.609. The molecule has 0 radical (unpaired) electrons. The zero-order chi connectivity index (χ0) is 12.2. The second-order valence-corrected chi connectivity index (χ2v) is 4.55. The van der Waals surface area contributed by atoms with E-state index in [4.69, 9.17) is 14.2 Å². The molecule has 0 amide bonds. The Kier molecular flexibility index (Phi) is 4.95. The Hall–Kier alpha value is -0.390. The molecule has 1 aliphatic heterocycles. The van der Waals surface area contributed by atoms with Gasteiger partial charge in [-0.25, -0.2) is 4.79 Å². The van der Waals surface area contributed by atoms with Crippen molar-refractivity contribution in [1.82, 2.24) is 0 Å². The van der Waals surface area contributed by atoms with E-state index in [2.05, 4.69) is 15.9 Å². The first kappa shape index (κ1) is 13.7. The standard InChI is InChI=1S/C11H17BrO4/c1-4-14-10(13)6-5-8-9(7-12)16-11(2,3)15-8/h5-6,8-9H,4,7H2,1-3H3/b6-5-/t8-,9+/m1/s1. The molecule has 1 fully saturated rings. The lowest BCUT2D eigenvalue weighted by atomic mass is 10.2. The van der Waals surface area contributed by atoms with Crippen LogP contribution >= 0.6 is 15.9 Å². The predicted molar refractivity (Wildman–Crippen MR) is 63.4 cm³/mol. The third-order valence-electron chi connectivity index (χ3n) is 2.08. The highest BCUT2D eigenvalue weighted by Crippen LogP contribution is 2.29. The molecule has 1 heterocycles. The minimum absolute atomic E-state index is 0.0827. The molecule has 1 aliphatic rings.